The van der Waals surface area contributed by atoms with Crippen LogP contribution in [0.5, 0.6) is 0 Å². The van der Waals surface area contributed by atoms with Gasteiger partial charge in [-0.05, 0) is 31.5 Å². The summed E-state index contributed by atoms with van der Waals surface area (Å²) in [6.45, 7) is 3.01. The number of alkyl halides is 3. The summed E-state index contributed by atoms with van der Waals surface area (Å²) in [5.74, 6) is -0.293. The molecule has 12 heteroatoms. The van der Waals surface area contributed by atoms with E-state index in [1.165, 1.54) is 17.7 Å². The molecule has 0 aliphatic carbocycles. The van der Waals surface area contributed by atoms with Crippen molar-refractivity contribution in [3.8, 4) is 0 Å². The molecule has 2 aromatic heterocycles. The molecule has 0 aliphatic heterocycles. The Bertz CT molecular complexity index is 1100. The topological polar surface area (TPSA) is 108 Å². The quantitative estimate of drug-likeness (QED) is 0.484. The number of aryl methyl sites for hydroxylation is 2. The van der Waals surface area contributed by atoms with Crippen molar-refractivity contribution in [3.05, 3.63) is 69.2 Å². The van der Waals surface area contributed by atoms with Crippen LogP contribution in [-0.4, -0.2) is 30.4 Å². The summed E-state index contributed by atoms with van der Waals surface area (Å²) in [5.41, 5.74) is 0.293. The minimum atomic E-state index is -4.44. The first-order chi connectivity index (χ1) is 14.0. The molecule has 2 heterocycles. The Morgan fingerprint density at radius 1 is 1.23 bits per heavy atom. The van der Waals surface area contributed by atoms with Gasteiger partial charge >= 0.3 is 11.9 Å². The predicted molar refractivity (Wildman–Crippen MR) is 99.8 cm³/mol. The Labute approximate surface area is 168 Å². The fourth-order valence-corrected chi connectivity index (χ4v) is 2.85. The number of benzene rings is 1. The van der Waals surface area contributed by atoms with Gasteiger partial charge in [0.1, 0.15) is 18.4 Å². The molecule has 30 heavy (non-hydrogen) atoms. The van der Waals surface area contributed by atoms with E-state index in [4.69, 9.17) is 0 Å². The lowest BCUT2D eigenvalue weighted by atomic mass is 10.1. The maximum absolute atomic E-state index is 12.9. The highest BCUT2D eigenvalue weighted by atomic mass is 19.4. The van der Waals surface area contributed by atoms with Crippen LogP contribution in [0.4, 0.5) is 24.7 Å². The van der Waals surface area contributed by atoms with E-state index in [0.717, 1.165) is 23.0 Å². The molecule has 158 valence electrons. The number of hydrogen-bond donors (Lipinski definition) is 1. The Balaban J connectivity index is 1.68. The molecule has 0 radical (unpaired) electrons. The van der Waals surface area contributed by atoms with Gasteiger partial charge in [-0.15, -0.1) is 0 Å². The van der Waals surface area contributed by atoms with Crippen molar-refractivity contribution in [1.29, 1.82) is 0 Å². The van der Waals surface area contributed by atoms with Crippen molar-refractivity contribution in [2.24, 2.45) is 0 Å². The predicted octanol–water partition coefficient (Wildman–Crippen LogP) is 3.31. The van der Waals surface area contributed by atoms with Crippen molar-refractivity contribution in [1.82, 2.24) is 19.6 Å². The molecule has 0 atom stereocenters. The molecule has 0 aliphatic rings. The third-order valence-electron chi connectivity index (χ3n) is 4.26. The zero-order valence-electron chi connectivity index (χ0n) is 16.0. The summed E-state index contributed by atoms with van der Waals surface area (Å²) in [6.07, 6.45) is -3.28. The second kappa shape index (κ2) is 7.97. The van der Waals surface area contributed by atoms with Crippen molar-refractivity contribution >= 4 is 17.4 Å². The number of carbonyl (C=O) groups is 1. The SMILES string of the molecule is Cc1nn(CC(=O)Nc2cc(C)n(Cc3cccc(C(F)(F)F)c3)n2)cc1[N+](=O)[O-]. The number of nitrogens with zero attached hydrogens (tertiary/aromatic N) is 5. The van der Waals surface area contributed by atoms with Crippen LogP contribution < -0.4 is 5.32 Å². The summed E-state index contributed by atoms with van der Waals surface area (Å²) in [4.78, 5) is 22.5. The molecular formula is C18H17F3N6O3. The molecule has 3 aromatic rings. The third-order valence-corrected chi connectivity index (χ3v) is 4.26. The summed E-state index contributed by atoms with van der Waals surface area (Å²) in [5, 5.41) is 21.5. The highest BCUT2D eigenvalue weighted by Crippen LogP contribution is 2.29. The van der Waals surface area contributed by atoms with Gasteiger partial charge in [-0.1, -0.05) is 12.1 Å². The van der Waals surface area contributed by atoms with E-state index in [1.54, 1.807) is 19.1 Å². The van der Waals surface area contributed by atoms with Crippen LogP contribution in [0.25, 0.3) is 0 Å². The number of aromatic nitrogens is 4. The molecular weight excluding hydrogens is 405 g/mol. The Hall–Kier alpha value is -3.70. The first kappa shape index (κ1) is 21.0. The van der Waals surface area contributed by atoms with Crippen molar-refractivity contribution in [2.45, 2.75) is 33.1 Å². The molecule has 1 amide bonds. The first-order valence-electron chi connectivity index (χ1n) is 8.72. The van der Waals surface area contributed by atoms with Crippen molar-refractivity contribution in [2.75, 3.05) is 5.32 Å². The molecule has 0 unspecified atom stereocenters. The van der Waals surface area contributed by atoms with Crippen LogP contribution in [0, 0.1) is 24.0 Å². The maximum atomic E-state index is 12.9. The normalized spacial score (nSPS) is 11.5. The fourth-order valence-electron chi connectivity index (χ4n) is 2.85. The Morgan fingerprint density at radius 3 is 2.60 bits per heavy atom. The Morgan fingerprint density at radius 2 is 1.97 bits per heavy atom. The van der Waals surface area contributed by atoms with Crippen LogP contribution in [-0.2, 0) is 24.1 Å². The van der Waals surface area contributed by atoms with Crippen LogP contribution in [0.2, 0.25) is 0 Å². The van der Waals surface area contributed by atoms with Gasteiger partial charge in [-0.2, -0.15) is 23.4 Å². The van der Waals surface area contributed by atoms with Crippen LogP contribution in [0.1, 0.15) is 22.5 Å². The van der Waals surface area contributed by atoms with Gasteiger partial charge in [0.05, 0.1) is 17.0 Å². The summed E-state index contributed by atoms with van der Waals surface area (Å²) < 4.78 is 41.2. The lowest BCUT2D eigenvalue weighted by molar-refractivity contribution is -0.385. The van der Waals surface area contributed by atoms with Gasteiger partial charge < -0.3 is 5.32 Å². The second-order valence-electron chi connectivity index (χ2n) is 6.63. The van der Waals surface area contributed by atoms with E-state index in [2.05, 4.69) is 15.5 Å². The van der Waals surface area contributed by atoms with Crippen LogP contribution in [0.15, 0.2) is 36.5 Å². The number of nitrogens with one attached hydrogen (secondary N) is 1. The minimum absolute atomic E-state index is 0.0934. The number of amides is 1. The second-order valence-corrected chi connectivity index (χ2v) is 6.63. The number of rotatable bonds is 6. The average Bonchev–Trinajstić information content (AvgIpc) is 3.16. The van der Waals surface area contributed by atoms with Crippen molar-refractivity contribution < 1.29 is 22.9 Å². The lowest BCUT2D eigenvalue weighted by Gasteiger charge is -2.09. The zero-order chi connectivity index (χ0) is 22.1. The van der Waals surface area contributed by atoms with E-state index in [9.17, 15) is 28.1 Å². The maximum Gasteiger partial charge on any atom is 0.416 e. The van der Waals surface area contributed by atoms with Gasteiger partial charge in [0.15, 0.2) is 5.82 Å². The van der Waals surface area contributed by atoms with Gasteiger partial charge in [-0.25, -0.2) is 0 Å². The van der Waals surface area contributed by atoms with E-state index >= 15 is 0 Å². The van der Waals surface area contributed by atoms with Crippen LogP contribution in [0.3, 0.4) is 0 Å². The molecule has 9 nitrogen and oxygen atoms in total. The molecule has 0 saturated carbocycles. The van der Waals surface area contributed by atoms with Crippen LogP contribution >= 0.6 is 0 Å². The number of hydrogen-bond acceptors (Lipinski definition) is 5. The number of halogens is 3. The third kappa shape index (κ3) is 4.82. The van der Waals surface area contributed by atoms with E-state index in [1.807, 2.05) is 0 Å². The molecule has 0 bridgehead atoms. The first-order valence-corrected chi connectivity index (χ1v) is 8.72. The van der Waals surface area contributed by atoms with E-state index in [-0.39, 0.29) is 30.3 Å². The largest absolute Gasteiger partial charge is 0.416 e. The number of anilines is 1. The minimum Gasteiger partial charge on any atom is -0.308 e. The molecule has 0 saturated heterocycles. The van der Waals surface area contributed by atoms with Gasteiger partial charge in [0, 0.05) is 11.8 Å². The monoisotopic (exact) mass is 422 g/mol. The highest BCUT2D eigenvalue weighted by Gasteiger charge is 2.30. The van der Waals surface area contributed by atoms with Gasteiger partial charge in [-0.3, -0.25) is 24.3 Å². The summed E-state index contributed by atoms with van der Waals surface area (Å²) in [6, 6.07) is 6.49. The van der Waals surface area contributed by atoms with E-state index < -0.39 is 22.6 Å². The van der Waals surface area contributed by atoms with Crippen molar-refractivity contribution in [3.63, 3.8) is 0 Å². The summed E-state index contributed by atoms with van der Waals surface area (Å²) in [7, 11) is 0. The number of carbonyl (C=O) groups excluding carboxylic acids is 1. The van der Waals surface area contributed by atoms with Gasteiger partial charge in [0.25, 0.3) is 0 Å². The fraction of sp³-hybridized carbons (Fsp3) is 0.278. The molecule has 1 aromatic carbocycles. The number of nitro groups is 1. The zero-order valence-corrected chi connectivity index (χ0v) is 16.0. The smallest absolute Gasteiger partial charge is 0.308 e. The highest BCUT2D eigenvalue weighted by molar-refractivity contribution is 5.89. The molecule has 1 N–H and O–H groups in total. The van der Waals surface area contributed by atoms with E-state index in [0.29, 0.717) is 11.3 Å². The lowest BCUT2D eigenvalue weighted by Crippen LogP contribution is -2.19. The molecule has 0 spiro atoms. The standard InChI is InChI=1S/C18H17F3N6O3/c1-11-6-16(22-17(28)10-25-9-15(27(29)30)12(2)23-25)24-26(11)8-13-4-3-5-14(7-13)18(19,20)21/h3-7,9H,8,10H2,1-2H3,(H,22,24,28). The summed E-state index contributed by atoms with van der Waals surface area (Å²) >= 11 is 0. The average molecular weight is 422 g/mol. The molecule has 0 fully saturated rings. The molecule has 3 rings (SSSR count). The Kier molecular flexibility index (Phi) is 5.58. The van der Waals surface area contributed by atoms with Gasteiger partial charge in [0.2, 0.25) is 5.91 Å².